The lowest BCUT2D eigenvalue weighted by Crippen LogP contribution is -2.19. The highest BCUT2D eigenvalue weighted by Crippen LogP contribution is 2.10. The van der Waals surface area contributed by atoms with Crippen molar-refractivity contribution in [2.45, 2.75) is 13.5 Å². The molecule has 0 amide bonds. The van der Waals surface area contributed by atoms with Gasteiger partial charge >= 0.3 is 0 Å². The topological polar surface area (TPSA) is 61.8 Å². The van der Waals surface area contributed by atoms with Gasteiger partial charge in [0.1, 0.15) is 16.6 Å². The van der Waals surface area contributed by atoms with Gasteiger partial charge in [0.05, 0.1) is 0 Å². The van der Waals surface area contributed by atoms with E-state index in [0.29, 0.717) is 22.8 Å². The van der Waals surface area contributed by atoms with Crippen LogP contribution in [0.4, 0.5) is 0 Å². The van der Waals surface area contributed by atoms with Gasteiger partial charge in [-0.15, -0.1) is 0 Å². The van der Waals surface area contributed by atoms with Crippen LogP contribution in [0.15, 0.2) is 35.5 Å². The van der Waals surface area contributed by atoms with E-state index >= 15 is 0 Å². The van der Waals surface area contributed by atoms with E-state index in [2.05, 4.69) is 5.32 Å². The number of hydrogen-bond donors (Lipinski definition) is 2. The Labute approximate surface area is 111 Å². The highest BCUT2D eigenvalue weighted by Gasteiger charge is 2.04. The molecule has 1 aromatic carbocycles. The molecule has 88 valence electrons. The number of nitrogens with two attached hydrogens (primary N) is 1. The molecule has 1 aromatic rings. The largest absolute Gasteiger partial charge is 0.389 e. The Hall–Kier alpha value is -1.57. The molecule has 0 aliphatic carbocycles. The van der Waals surface area contributed by atoms with Crippen LogP contribution in [0.5, 0.6) is 0 Å². The van der Waals surface area contributed by atoms with Gasteiger partial charge in [0, 0.05) is 17.3 Å². The molecule has 3 N–H and O–H groups in total. The van der Waals surface area contributed by atoms with Crippen molar-refractivity contribution in [1.29, 1.82) is 5.26 Å². The Morgan fingerprint density at radius 3 is 2.53 bits per heavy atom. The van der Waals surface area contributed by atoms with E-state index in [1.165, 1.54) is 0 Å². The number of halogens is 1. The van der Waals surface area contributed by atoms with Crippen molar-refractivity contribution in [3.63, 3.8) is 0 Å². The summed E-state index contributed by atoms with van der Waals surface area (Å²) < 4.78 is 0. The van der Waals surface area contributed by atoms with Gasteiger partial charge in [-0.3, -0.25) is 0 Å². The lowest BCUT2D eigenvalue weighted by Gasteiger charge is -2.08. The summed E-state index contributed by atoms with van der Waals surface area (Å²) in [5, 5.41) is 12.7. The number of thiocarbonyl (C=S) groups is 1. The zero-order valence-electron chi connectivity index (χ0n) is 9.33. The SMILES string of the molecule is C/C(NCc1ccc(Cl)cc1)=C(/C#N)C(N)=S. The van der Waals surface area contributed by atoms with E-state index in [1.54, 1.807) is 6.92 Å². The number of rotatable bonds is 4. The van der Waals surface area contributed by atoms with Crippen LogP contribution >= 0.6 is 23.8 Å². The molecule has 0 radical (unpaired) electrons. The number of hydrogen-bond acceptors (Lipinski definition) is 3. The van der Waals surface area contributed by atoms with Gasteiger partial charge in [0.2, 0.25) is 0 Å². The minimum absolute atomic E-state index is 0.105. The first-order chi connectivity index (χ1) is 8.04. The Bertz CT molecular complexity index is 485. The Morgan fingerprint density at radius 2 is 2.06 bits per heavy atom. The first-order valence-corrected chi connectivity index (χ1v) is 5.72. The summed E-state index contributed by atoms with van der Waals surface area (Å²) in [7, 11) is 0. The van der Waals surface area contributed by atoms with Crippen LogP contribution in [0.25, 0.3) is 0 Å². The molecule has 5 heteroatoms. The fourth-order valence-corrected chi connectivity index (χ4v) is 1.57. The molecule has 0 fully saturated rings. The van der Waals surface area contributed by atoms with Gasteiger partial charge in [-0.2, -0.15) is 5.26 Å². The number of nitrogens with one attached hydrogen (secondary N) is 1. The summed E-state index contributed by atoms with van der Waals surface area (Å²) in [5.74, 6) is 0. The van der Waals surface area contributed by atoms with Crippen LogP contribution in [-0.2, 0) is 6.54 Å². The summed E-state index contributed by atoms with van der Waals surface area (Å²) in [5.41, 5.74) is 7.48. The fraction of sp³-hybridized carbons (Fsp3) is 0.167. The maximum absolute atomic E-state index is 8.87. The minimum Gasteiger partial charge on any atom is -0.389 e. The smallest absolute Gasteiger partial charge is 0.116 e. The van der Waals surface area contributed by atoms with Crippen molar-refractivity contribution in [3.8, 4) is 6.07 Å². The van der Waals surface area contributed by atoms with Crippen molar-refractivity contribution in [1.82, 2.24) is 5.32 Å². The monoisotopic (exact) mass is 265 g/mol. The Morgan fingerprint density at radius 1 is 1.47 bits per heavy atom. The third-order valence-electron chi connectivity index (χ3n) is 2.20. The van der Waals surface area contributed by atoms with Gasteiger partial charge in [0.15, 0.2) is 0 Å². The van der Waals surface area contributed by atoms with Gasteiger partial charge in [0.25, 0.3) is 0 Å². The molecule has 1 rings (SSSR count). The first-order valence-electron chi connectivity index (χ1n) is 4.93. The van der Waals surface area contributed by atoms with E-state index in [1.807, 2.05) is 30.3 Å². The van der Waals surface area contributed by atoms with Crippen LogP contribution in [0.2, 0.25) is 5.02 Å². The van der Waals surface area contributed by atoms with Gasteiger partial charge in [-0.25, -0.2) is 0 Å². The molecular weight excluding hydrogens is 254 g/mol. The van der Waals surface area contributed by atoms with Crippen LogP contribution < -0.4 is 11.1 Å². The second kappa shape index (κ2) is 6.24. The summed E-state index contributed by atoms with van der Waals surface area (Å²) in [4.78, 5) is 0.105. The number of nitriles is 1. The first kappa shape index (κ1) is 13.5. The molecule has 0 aliphatic heterocycles. The second-order valence-electron chi connectivity index (χ2n) is 3.46. The minimum atomic E-state index is 0.105. The van der Waals surface area contributed by atoms with E-state index in [4.69, 9.17) is 34.8 Å². The van der Waals surface area contributed by atoms with Crippen molar-refractivity contribution in [2.24, 2.45) is 5.73 Å². The van der Waals surface area contributed by atoms with Crippen molar-refractivity contribution in [2.75, 3.05) is 0 Å². The Balaban J connectivity index is 2.71. The lowest BCUT2D eigenvalue weighted by molar-refractivity contribution is 0.809. The molecule has 0 aromatic heterocycles. The lowest BCUT2D eigenvalue weighted by atomic mass is 10.2. The van der Waals surface area contributed by atoms with Gasteiger partial charge in [-0.05, 0) is 24.6 Å². The van der Waals surface area contributed by atoms with Gasteiger partial charge in [-0.1, -0.05) is 36.0 Å². The maximum atomic E-state index is 8.87. The van der Waals surface area contributed by atoms with Gasteiger partial charge < -0.3 is 11.1 Å². The van der Waals surface area contributed by atoms with Crippen molar-refractivity contribution in [3.05, 3.63) is 46.1 Å². The van der Waals surface area contributed by atoms with Crippen LogP contribution in [0.1, 0.15) is 12.5 Å². The summed E-state index contributed by atoms with van der Waals surface area (Å²) in [6.07, 6.45) is 0. The average molecular weight is 266 g/mol. The number of nitrogens with zero attached hydrogens (tertiary/aromatic N) is 1. The standard InChI is InChI=1S/C12H12ClN3S/c1-8(11(6-14)12(15)17)16-7-9-2-4-10(13)5-3-9/h2-5,16H,7H2,1H3,(H2,15,17)/b11-8+. The molecule has 0 spiro atoms. The predicted octanol–water partition coefficient (Wildman–Crippen LogP) is 2.51. The third kappa shape index (κ3) is 4.06. The third-order valence-corrected chi connectivity index (χ3v) is 2.66. The zero-order valence-corrected chi connectivity index (χ0v) is 10.9. The quantitative estimate of drug-likeness (QED) is 0.499. The Kier molecular flexibility index (Phi) is 4.95. The number of benzene rings is 1. The molecule has 0 saturated heterocycles. The molecule has 17 heavy (non-hydrogen) atoms. The van der Waals surface area contributed by atoms with Crippen molar-refractivity contribution < 1.29 is 0 Å². The van der Waals surface area contributed by atoms with E-state index in [-0.39, 0.29) is 4.99 Å². The molecule has 0 aliphatic rings. The zero-order chi connectivity index (χ0) is 12.8. The molecule has 0 bridgehead atoms. The molecule has 0 atom stereocenters. The fourth-order valence-electron chi connectivity index (χ4n) is 1.25. The van der Waals surface area contributed by atoms with E-state index < -0.39 is 0 Å². The highest BCUT2D eigenvalue weighted by atomic mass is 35.5. The van der Waals surface area contributed by atoms with E-state index in [0.717, 1.165) is 5.56 Å². The predicted molar refractivity (Wildman–Crippen MR) is 73.4 cm³/mol. The maximum Gasteiger partial charge on any atom is 0.116 e. The molecule has 0 saturated carbocycles. The van der Waals surface area contributed by atoms with Crippen molar-refractivity contribution >= 4 is 28.8 Å². The highest BCUT2D eigenvalue weighted by molar-refractivity contribution is 7.80. The van der Waals surface area contributed by atoms with Crippen LogP contribution in [0, 0.1) is 11.3 Å². The molecular formula is C12H12ClN3S. The summed E-state index contributed by atoms with van der Waals surface area (Å²) in [6.45, 7) is 2.37. The molecule has 3 nitrogen and oxygen atoms in total. The number of allylic oxidation sites excluding steroid dienone is 1. The van der Waals surface area contributed by atoms with Crippen LogP contribution in [-0.4, -0.2) is 4.99 Å². The normalized spacial score (nSPS) is 11.4. The summed E-state index contributed by atoms with van der Waals surface area (Å²) >= 11 is 10.6. The summed E-state index contributed by atoms with van der Waals surface area (Å²) in [6, 6.07) is 9.43. The van der Waals surface area contributed by atoms with E-state index in [9.17, 15) is 0 Å². The molecule has 0 heterocycles. The molecule has 0 unspecified atom stereocenters. The second-order valence-corrected chi connectivity index (χ2v) is 4.33. The van der Waals surface area contributed by atoms with Crippen LogP contribution in [0.3, 0.4) is 0 Å². The average Bonchev–Trinajstić information content (AvgIpc) is 2.28.